The molecule has 0 saturated carbocycles. The van der Waals surface area contributed by atoms with Crippen molar-refractivity contribution >= 4 is 32.3 Å². The second-order valence-corrected chi connectivity index (χ2v) is 16.6. The summed E-state index contributed by atoms with van der Waals surface area (Å²) in [4.78, 5) is 0. The first kappa shape index (κ1) is 33.2. The molecular weight excluding hydrogens is 697 g/mol. The van der Waals surface area contributed by atoms with Gasteiger partial charge in [-0.1, -0.05) is 192 Å². The molecule has 0 heterocycles. The van der Waals surface area contributed by atoms with Gasteiger partial charge in [0.2, 0.25) is 0 Å². The van der Waals surface area contributed by atoms with Crippen molar-refractivity contribution in [2.45, 2.75) is 27.7 Å². The summed E-state index contributed by atoms with van der Waals surface area (Å²) >= 11 is 0. The van der Waals surface area contributed by atoms with Crippen molar-refractivity contribution in [1.82, 2.24) is 0 Å². The number of benzene rings is 10. The van der Waals surface area contributed by atoms with Crippen LogP contribution in [-0.4, -0.2) is 0 Å². The van der Waals surface area contributed by atoms with Gasteiger partial charge >= 0.3 is 0 Å². The van der Waals surface area contributed by atoms with Gasteiger partial charge in [-0.2, -0.15) is 0 Å². The van der Waals surface area contributed by atoms with E-state index in [0.29, 0.717) is 0 Å². The quantitative estimate of drug-likeness (QED) is 0.169. The molecule has 58 heavy (non-hydrogen) atoms. The number of hydrogen-bond donors (Lipinski definition) is 0. The molecule has 0 aliphatic heterocycles. The molecule has 272 valence electrons. The van der Waals surface area contributed by atoms with Crippen LogP contribution in [0.25, 0.3) is 121 Å². The van der Waals surface area contributed by atoms with E-state index in [2.05, 4.69) is 198 Å². The second-order valence-electron chi connectivity index (χ2n) is 16.6. The molecule has 10 aromatic rings. The van der Waals surface area contributed by atoms with E-state index in [1.807, 2.05) is 0 Å². The SMILES string of the molecule is Cc1cccc(-c2c3c(c(-c4cccc(C)c4)c4ccccc24)-c2ccc4c5c(ccc-3c25)-c2c-4c(-c3cccc(C)c3)c3ccccc3c2-c2cccc(C)c2)c1. The third kappa shape index (κ3) is 4.58. The van der Waals surface area contributed by atoms with Gasteiger partial charge in [0, 0.05) is 0 Å². The maximum atomic E-state index is 2.46. The molecule has 0 amide bonds. The molecule has 0 heteroatoms. The molecule has 0 saturated heterocycles. The van der Waals surface area contributed by atoms with Gasteiger partial charge in [0.15, 0.2) is 0 Å². The number of aryl methyl sites for hydroxylation is 4. The third-order valence-electron chi connectivity index (χ3n) is 12.9. The number of rotatable bonds is 4. The lowest BCUT2D eigenvalue weighted by atomic mass is 9.81. The zero-order valence-electron chi connectivity index (χ0n) is 33.2. The average Bonchev–Trinajstić information content (AvgIpc) is 3.74. The van der Waals surface area contributed by atoms with Crippen LogP contribution < -0.4 is 0 Å². The highest BCUT2D eigenvalue weighted by atomic mass is 14.4. The Kier molecular flexibility index (Phi) is 7.00. The Morgan fingerprint density at radius 1 is 0.224 bits per heavy atom. The first-order valence-electron chi connectivity index (χ1n) is 20.5. The van der Waals surface area contributed by atoms with Gasteiger partial charge in [0.1, 0.15) is 0 Å². The molecular formula is C58H40. The highest BCUT2D eigenvalue weighted by Gasteiger charge is 2.37. The van der Waals surface area contributed by atoms with Gasteiger partial charge in [-0.05, 0) is 149 Å². The van der Waals surface area contributed by atoms with E-state index in [1.165, 1.54) is 144 Å². The van der Waals surface area contributed by atoms with Crippen LogP contribution in [0.2, 0.25) is 0 Å². The second kappa shape index (κ2) is 12.2. The Balaban J connectivity index is 1.28. The normalized spacial score (nSPS) is 12.1. The van der Waals surface area contributed by atoms with E-state index >= 15 is 0 Å². The summed E-state index contributed by atoms with van der Waals surface area (Å²) in [5.74, 6) is 0. The fourth-order valence-corrected chi connectivity index (χ4v) is 10.7. The summed E-state index contributed by atoms with van der Waals surface area (Å²) in [5, 5.41) is 7.91. The number of hydrogen-bond acceptors (Lipinski definition) is 0. The molecule has 0 nitrogen and oxygen atoms in total. The van der Waals surface area contributed by atoms with Crippen LogP contribution in [0.4, 0.5) is 0 Å². The Bertz CT molecular complexity index is 2980. The van der Waals surface area contributed by atoms with E-state index in [0.717, 1.165) is 0 Å². The van der Waals surface area contributed by atoms with E-state index < -0.39 is 0 Å². The van der Waals surface area contributed by atoms with Crippen LogP contribution in [0.5, 0.6) is 0 Å². The molecule has 2 aliphatic carbocycles. The predicted molar refractivity (Wildman–Crippen MR) is 249 cm³/mol. The highest BCUT2D eigenvalue weighted by molar-refractivity contribution is 6.35. The maximum absolute atomic E-state index is 2.46. The summed E-state index contributed by atoms with van der Waals surface area (Å²) in [6, 6.07) is 64.5. The van der Waals surface area contributed by atoms with Crippen molar-refractivity contribution in [3.8, 4) is 89.0 Å². The zero-order valence-corrected chi connectivity index (χ0v) is 33.2. The first-order valence-corrected chi connectivity index (χ1v) is 20.5. The Labute approximate surface area is 339 Å². The molecule has 2 aliphatic rings. The molecule has 0 bridgehead atoms. The fourth-order valence-electron chi connectivity index (χ4n) is 10.7. The van der Waals surface area contributed by atoms with Crippen molar-refractivity contribution in [2.24, 2.45) is 0 Å². The number of fused-ring (bicyclic) bond motifs is 8. The van der Waals surface area contributed by atoms with Crippen LogP contribution in [-0.2, 0) is 0 Å². The molecule has 0 aromatic heterocycles. The van der Waals surface area contributed by atoms with E-state index in [-0.39, 0.29) is 0 Å². The lowest BCUT2D eigenvalue weighted by Gasteiger charge is -2.21. The smallest absolute Gasteiger partial charge is 0.000740 e. The zero-order chi connectivity index (χ0) is 38.8. The van der Waals surface area contributed by atoms with E-state index in [1.54, 1.807) is 0 Å². The van der Waals surface area contributed by atoms with Crippen molar-refractivity contribution in [3.63, 3.8) is 0 Å². The average molecular weight is 737 g/mol. The summed E-state index contributed by atoms with van der Waals surface area (Å²) in [5.41, 5.74) is 26.1. The van der Waals surface area contributed by atoms with Crippen LogP contribution in [0.15, 0.2) is 170 Å². The van der Waals surface area contributed by atoms with E-state index in [4.69, 9.17) is 0 Å². The maximum Gasteiger partial charge on any atom is -0.000740 e. The first-order chi connectivity index (χ1) is 28.4. The molecule has 12 rings (SSSR count). The minimum absolute atomic E-state index is 1.27. The molecule has 0 spiro atoms. The van der Waals surface area contributed by atoms with Crippen LogP contribution in [0.3, 0.4) is 0 Å². The lowest BCUT2D eigenvalue weighted by molar-refractivity contribution is 1.46. The van der Waals surface area contributed by atoms with Gasteiger partial charge in [-0.25, -0.2) is 0 Å². The largest absolute Gasteiger partial charge is 0.0616 e. The highest BCUT2D eigenvalue weighted by Crippen LogP contribution is 2.64. The van der Waals surface area contributed by atoms with Gasteiger partial charge in [-0.15, -0.1) is 0 Å². The van der Waals surface area contributed by atoms with Gasteiger partial charge in [0.25, 0.3) is 0 Å². The van der Waals surface area contributed by atoms with Crippen LogP contribution in [0.1, 0.15) is 22.3 Å². The minimum atomic E-state index is 1.27. The summed E-state index contributed by atoms with van der Waals surface area (Å²) in [7, 11) is 0. The summed E-state index contributed by atoms with van der Waals surface area (Å²) in [6.07, 6.45) is 0. The van der Waals surface area contributed by atoms with Crippen molar-refractivity contribution < 1.29 is 0 Å². The lowest BCUT2D eigenvalue weighted by Crippen LogP contribution is -1.95. The Hall–Kier alpha value is -7.02. The van der Waals surface area contributed by atoms with Crippen molar-refractivity contribution in [2.75, 3.05) is 0 Å². The summed E-state index contributed by atoms with van der Waals surface area (Å²) < 4.78 is 0. The Morgan fingerprint density at radius 3 is 0.690 bits per heavy atom. The van der Waals surface area contributed by atoms with E-state index in [9.17, 15) is 0 Å². The monoisotopic (exact) mass is 736 g/mol. The molecule has 10 aromatic carbocycles. The van der Waals surface area contributed by atoms with Crippen LogP contribution in [0, 0.1) is 27.7 Å². The summed E-state index contributed by atoms with van der Waals surface area (Å²) in [6.45, 7) is 8.84. The Morgan fingerprint density at radius 2 is 0.466 bits per heavy atom. The third-order valence-corrected chi connectivity index (χ3v) is 12.9. The van der Waals surface area contributed by atoms with Gasteiger partial charge in [-0.3, -0.25) is 0 Å². The van der Waals surface area contributed by atoms with Crippen molar-refractivity contribution in [3.05, 3.63) is 192 Å². The van der Waals surface area contributed by atoms with Crippen molar-refractivity contribution in [1.29, 1.82) is 0 Å². The molecule has 0 radical (unpaired) electrons. The standard InChI is InChI=1S/C58H40/c1-33-13-9-17-37(29-33)49-41-21-5-6-22-42(41)50(38-18-10-14-34(2)30-38)56-46-27-28-48-54-47(26-25-45(53(46)54)55(49)56)57-51(39-19-11-15-35(3)31-39)43-23-7-8-24-44(43)52(58(48)57)40-20-12-16-36(4)32-40/h5-32H,1-4H3. The molecule has 0 unspecified atom stereocenters. The predicted octanol–water partition coefficient (Wildman–Crippen LogP) is 16.3. The van der Waals surface area contributed by atoms with Crippen LogP contribution >= 0.6 is 0 Å². The fraction of sp³-hybridized carbons (Fsp3) is 0.0690. The van der Waals surface area contributed by atoms with Gasteiger partial charge < -0.3 is 0 Å². The molecule has 0 N–H and O–H groups in total. The molecule has 0 atom stereocenters. The minimum Gasteiger partial charge on any atom is -0.0616 e. The van der Waals surface area contributed by atoms with Gasteiger partial charge in [0.05, 0.1) is 0 Å². The topological polar surface area (TPSA) is 0 Å². The molecule has 0 fully saturated rings.